The van der Waals surface area contributed by atoms with E-state index in [1.807, 2.05) is 29.2 Å². The molecule has 0 radical (unpaired) electrons. The molecule has 1 saturated carbocycles. The Kier molecular flexibility index (Phi) is 2.33. The molecule has 1 aromatic rings. The van der Waals surface area contributed by atoms with Crippen molar-refractivity contribution in [2.45, 2.75) is 31.3 Å². The third kappa shape index (κ3) is 1.52. The number of nitrogens with one attached hydrogen (secondary N) is 1. The van der Waals surface area contributed by atoms with Crippen molar-refractivity contribution in [1.82, 2.24) is 5.32 Å². The smallest absolute Gasteiger partial charge is 0.322 e. The first-order chi connectivity index (χ1) is 8.25. The second-order valence-corrected chi connectivity index (χ2v) is 4.94. The van der Waals surface area contributed by atoms with E-state index < -0.39 is 0 Å². The number of urea groups is 1. The number of carbonyl (C=O) groups excluding carboxylic acids is 1. The maximum atomic E-state index is 11.9. The summed E-state index contributed by atoms with van der Waals surface area (Å²) in [5.74, 6) is 0. The van der Waals surface area contributed by atoms with Crippen LogP contribution in [0.15, 0.2) is 24.3 Å². The molecule has 2 amide bonds. The average molecular weight is 231 g/mol. The molecule has 90 valence electrons. The summed E-state index contributed by atoms with van der Waals surface area (Å²) < 4.78 is 0. The van der Waals surface area contributed by atoms with Crippen molar-refractivity contribution in [2.75, 3.05) is 11.4 Å². The minimum Gasteiger partial charge on any atom is -0.335 e. The Hall–Kier alpha value is -1.55. The predicted octanol–water partition coefficient (Wildman–Crippen LogP) is 1.60. The lowest BCUT2D eigenvalue weighted by molar-refractivity contribution is 0.241. The number of rotatable bonds is 2. The van der Waals surface area contributed by atoms with Crippen molar-refractivity contribution in [3.8, 4) is 0 Å². The molecule has 1 aliphatic heterocycles. The van der Waals surface area contributed by atoms with Crippen molar-refractivity contribution in [1.29, 1.82) is 0 Å². The largest absolute Gasteiger partial charge is 0.335 e. The first-order valence-electron chi connectivity index (χ1n) is 6.12. The fraction of sp³-hybridized carbons (Fsp3) is 0.462. The number of anilines is 1. The van der Waals surface area contributed by atoms with Crippen molar-refractivity contribution in [2.24, 2.45) is 5.73 Å². The summed E-state index contributed by atoms with van der Waals surface area (Å²) in [7, 11) is 0. The molecule has 1 heterocycles. The third-order valence-corrected chi connectivity index (χ3v) is 3.96. The number of nitrogens with two attached hydrogens (primary N) is 1. The van der Waals surface area contributed by atoms with Crippen molar-refractivity contribution < 1.29 is 4.79 Å². The average Bonchev–Trinajstić information content (AvgIpc) is 2.67. The zero-order chi connectivity index (χ0) is 11.9. The molecule has 1 spiro atoms. The van der Waals surface area contributed by atoms with Gasteiger partial charge in [-0.25, -0.2) is 4.79 Å². The fourth-order valence-electron chi connectivity index (χ4n) is 2.77. The molecular formula is C13H17N3O. The Morgan fingerprint density at radius 2 is 2.00 bits per heavy atom. The van der Waals surface area contributed by atoms with Gasteiger partial charge in [-0.05, 0) is 37.0 Å². The number of amides is 2. The monoisotopic (exact) mass is 231 g/mol. The van der Waals surface area contributed by atoms with Crippen LogP contribution in [0.2, 0.25) is 0 Å². The summed E-state index contributed by atoms with van der Waals surface area (Å²) in [5, 5.41) is 2.95. The third-order valence-electron chi connectivity index (χ3n) is 3.96. The van der Waals surface area contributed by atoms with Crippen molar-refractivity contribution in [3.63, 3.8) is 0 Å². The Bertz CT molecular complexity index is 436. The van der Waals surface area contributed by atoms with E-state index in [2.05, 4.69) is 5.32 Å². The van der Waals surface area contributed by atoms with Crippen LogP contribution >= 0.6 is 0 Å². The first-order valence-corrected chi connectivity index (χ1v) is 6.12. The molecule has 0 aromatic heterocycles. The molecule has 0 bridgehead atoms. The highest BCUT2D eigenvalue weighted by molar-refractivity contribution is 5.96. The summed E-state index contributed by atoms with van der Waals surface area (Å²) in [6.45, 7) is 1.32. The summed E-state index contributed by atoms with van der Waals surface area (Å²) in [6, 6.07) is 8.01. The fourth-order valence-corrected chi connectivity index (χ4v) is 2.77. The van der Waals surface area contributed by atoms with E-state index in [1.54, 1.807) is 0 Å². The van der Waals surface area contributed by atoms with Gasteiger partial charge in [0.05, 0.1) is 5.54 Å². The number of nitrogens with zero attached hydrogens (tertiary/aromatic N) is 1. The Morgan fingerprint density at radius 1 is 1.29 bits per heavy atom. The molecule has 4 heteroatoms. The number of hydrogen-bond donors (Lipinski definition) is 2. The Balaban J connectivity index is 1.93. The van der Waals surface area contributed by atoms with Crippen LogP contribution in [-0.4, -0.2) is 18.1 Å². The van der Waals surface area contributed by atoms with E-state index in [0.717, 1.165) is 30.6 Å². The van der Waals surface area contributed by atoms with Gasteiger partial charge in [0.2, 0.25) is 0 Å². The molecule has 3 rings (SSSR count). The second kappa shape index (κ2) is 3.74. The summed E-state index contributed by atoms with van der Waals surface area (Å²) >= 11 is 0. The summed E-state index contributed by atoms with van der Waals surface area (Å²) in [4.78, 5) is 13.9. The highest BCUT2D eigenvalue weighted by Gasteiger charge is 2.50. The molecule has 1 saturated heterocycles. The number of benzene rings is 1. The van der Waals surface area contributed by atoms with E-state index >= 15 is 0 Å². The molecule has 1 aromatic carbocycles. The lowest BCUT2D eigenvalue weighted by Gasteiger charge is -2.44. The molecule has 0 atom stereocenters. The summed E-state index contributed by atoms with van der Waals surface area (Å²) in [5.41, 5.74) is 7.70. The van der Waals surface area contributed by atoms with Gasteiger partial charge in [0, 0.05) is 18.8 Å². The van der Waals surface area contributed by atoms with Gasteiger partial charge in [-0.1, -0.05) is 12.1 Å². The van der Waals surface area contributed by atoms with Gasteiger partial charge < -0.3 is 11.1 Å². The van der Waals surface area contributed by atoms with E-state index in [0.29, 0.717) is 6.54 Å². The molecule has 1 aliphatic carbocycles. The molecule has 3 N–H and O–H groups in total. The molecule has 4 nitrogen and oxygen atoms in total. The van der Waals surface area contributed by atoms with E-state index in [4.69, 9.17) is 5.73 Å². The van der Waals surface area contributed by atoms with Crippen LogP contribution in [0.3, 0.4) is 0 Å². The normalized spacial score (nSPS) is 21.5. The van der Waals surface area contributed by atoms with E-state index in [9.17, 15) is 4.79 Å². The van der Waals surface area contributed by atoms with Gasteiger partial charge in [-0.15, -0.1) is 0 Å². The first kappa shape index (κ1) is 10.6. The van der Waals surface area contributed by atoms with Crippen LogP contribution in [0.4, 0.5) is 10.5 Å². The van der Waals surface area contributed by atoms with Gasteiger partial charge in [-0.2, -0.15) is 0 Å². The summed E-state index contributed by atoms with van der Waals surface area (Å²) in [6.07, 6.45) is 3.42. The minimum absolute atomic E-state index is 0.0326. The van der Waals surface area contributed by atoms with Gasteiger partial charge in [-0.3, -0.25) is 4.90 Å². The van der Waals surface area contributed by atoms with Crippen molar-refractivity contribution >= 4 is 11.7 Å². The number of hydrogen-bond acceptors (Lipinski definition) is 2. The topological polar surface area (TPSA) is 58.4 Å². The number of carbonyl (C=O) groups is 1. The van der Waals surface area contributed by atoms with Crippen LogP contribution in [0.1, 0.15) is 24.8 Å². The van der Waals surface area contributed by atoms with Gasteiger partial charge in [0.15, 0.2) is 0 Å². The van der Waals surface area contributed by atoms with Crippen LogP contribution in [-0.2, 0) is 6.54 Å². The van der Waals surface area contributed by atoms with Crippen LogP contribution in [0.5, 0.6) is 0 Å². The Morgan fingerprint density at radius 3 is 2.53 bits per heavy atom. The maximum Gasteiger partial charge on any atom is 0.322 e. The predicted molar refractivity (Wildman–Crippen MR) is 66.8 cm³/mol. The van der Waals surface area contributed by atoms with Gasteiger partial charge in [0.1, 0.15) is 0 Å². The zero-order valence-electron chi connectivity index (χ0n) is 9.78. The zero-order valence-corrected chi connectivity index (χ0v) is 9.78. The molecule has 0 unspecified atom stereocenters. The molecule has 17 heavy (non-hydrogen) atoms. The minimum atomic E-state index is 0.0326. The second-order valence-electron chi connectivity index (χ2n) is 4.94. The van der Waals surface area contributed by atoms with Crippen LogP contribution < -0.4 is 16.0 Å². The van der Waals surface area contributed by atoms with Crippen LogP contribution in [0.25, 0.3) is 0 Å². The van der Waals surface area contributed by atoms with Gasteiger partial charge >= 0.3 is 6.03 Å². The highest BCUT2D eigenvalue weighted by atomic mass is 16.2. The van der Waals surface area contributed by atoms with Crippen LogP contribution in [0, 0.1) is 0 Å². The molecular weight excluding hydrogens is 214 g/mol. The highest BCUT2D eigenvalue weighted by Crippen LogP contribution is 2.42. The standard InChI is InChI=1S/C13H17N3O/c14-8-10-2-4-11(5-3-10)16-12(17)15-9-13(16)6-1-7-13/h2-5H,1,6-9,14H2,(H,15,17). The van der Waals surface area contributed by atoms with Crippen molar-refractivity contribution in [3.05, 3.63) is 29.8 Å². The van der Waals surface area contributed by atoms with Gasteiger partial charge in [0.25, 0.3) is 0 Å². The molecule has 2 fully saturated rings. The SMILES string of the molecule is NCc1ccc(N2C(=O)NCC23CCC3)cc1. The van der Waals surface area contributed by atoms with E-state index in [1.165, 1.54) is 6.42 Å². The Labute approximate surface area is 101 Å². The molecule has 2 aliphatic rings. The lowest BCUT2D eigenvalue weighted by Crippen LogP contribution is -2.52. The quantitative estimate of drug-likeness (QED) is 0.812. The maximum absolute atomic E-state index is 11.9. The lowest BCUT2D eigenvalue weighted by atomic mass is 9.76. The van der Waals surface area contributed by atoms with E-state index in [-0.39, 0.29) is 11.6 Å².